The number of rotatable bonds is 7. The fraction of sp³-hybridized carbons (Fsp3) is 0.286. The van der Waals surface area contributed by atoms with E-state index in [1.165, 1.54) is 6.92 Å². The van der Waals surface area contributed by atoms with Gasteiger partial charge in [0.05, 0.1) is 0 Å². The Morgan fingerprint density at radius 2 is 1.46 bits per heavy atom. The number of alkyl carbamates (subject to hydrolysis) is 1. The van der Waals surface area contributed by atoms with Crippen LogP contribution < -0.4 is 16.0 Å². The molecule has 148 valence electrons. The van der Waals surface area contributed by atoms with Crippen LogP contribution in [0.2, 0.25) is 0 Å². The van der Waals surface area contributed by atoms with Crippen molar-refractivity contribution in [3.63, 3.8) is 0 Å². The minimum Gasteiger partial charge on any atom is -0.445 e. The maximum Gasteiger partial charge on any atom is 0.408 e. The quantitative estimate of drug-likeness (QED) is 0.681. The van der Waals surface area contributed by atoms with Crippen LogP contribution in [0.5, 0.6) is 0 Å². The standard InChI is InChI=1S/C21H25N3O4/c1-14(2)19(24-21(27)28-13-16-7-5-4-6-8-16)20(26)23-18-11-9-17(10-12-18)22-15(3)25/h4-12,14,19H,13H2,1-3H3,(H,22,25)(H,23,26)(H,24,27). The molecule has 2 rings (SSSR count). The number of nitrogens with one attached hydrogen (secondary N) is 3. The second-order valence-electron chi connectivity index (χ2n) is 6.68. The molecular formula is C21H25N3O4. The van der Waals surface area contributed by atoms with Crippen molar-refractivity contribution in [2.24, 2.45) is 5.92 Å². The molecule has 0 aliphatic rings. The molecule has 2 aromatic carbocycles. The van der Waals surface area contributed by atoms with E-state index in [1.807, 2.05) is 44.2 Å². The molecule has 2 aromatic rings. The third-order valence-electron chi connectivity index (χ3n) is 3.91. The third kappa shape index (κ3) is 6.75. The monoisotopic (exact) mass is 383 g/mol. The summed E-state index contributed by atoms with van der Waals surface area (Å²) in [5, 5.41) is 8.03. The third-order valence-corrected chi connectivity index (χ3v) is 3.91. The molecule has 0 spiro atoms. The van der Waals surface area contributed by atoms with Crippen LogP contribution in [-0.4, -0.2) is 23.9 Å². The number of carbonyl (C=O) groups is 3. The highest BCUT2D eigenvalue weighted by molar-refractivity contribution is 5.97. The van der Waals surface area contributed by atoms with Crippen LogP contribution >= 0.6 is 0 Å². The first-order chi connectivity index (χ1) is 13.3. The summed E-state index contributed by atoms with van der Waals surface area (Å²) >= 11 is 0. The fourth-order valence-electron chi connectivity index (χ4n) is 2.49. The smallest absolute Gasteiger partial charge is 0.408 e. The first-order valence-electron chi connectivity index (χ1n) is 9.01. The number of hydrogen-bond donors (Lipinski definition) is 3. The van der Waals surface area contributed by atoms with Gasteiger partial charge >= 0.3 is 6.09 Å². The molecule has 7 nitrogen and oxygen atoms in total. The highest BCUT2D eigenvalue weighted by Gasteiger charge is 2.25. The minimum absolute atomic E-state index is 0.129. The molecule has 0 heterocycles. The van der Waals surface area contributed by atoms with E-state index in [9.17, 15) is 14.4 Å². The lowest BCUT2D eigenvalue weighted by Crippen LogP contribution is -2.47. The molecule has 3 N–H and O–H groups in total. The number of hydrogen-bond acceptors (Lipinski definition) is 4. The van der Waals surface area contributed by atoms with E-state index in [2.05, 4.69) is 16.0 Å². The molecular weight excluding hydrogens is 358 g/mol. The lowest BCUT2D eigenvalue weighted by Gasteiger charge is -2.21. The summed E-state index contributed by atoms with van der Waals surface area (Å²) in [5.41, 5.74) is 2.06. The van der Waals surface area contributed by atoms with Crippen molar-refractivity contribution in [2.75, 3.05) is 10.6 Å². The molecule has 0 aliphatic carbocycles. The van der Waals surface area contributed by atoms with E-state index < -0.39 is 12.1 Å². The van der Waals surface area contributed by atoms with Gasteiger partial charge in [-0.25, -0.2) is 4.79 Å². The summed E-state index contributed by atoms with van der Waals surface area (Å²) in [6.07, 6.45) is -0.654. The maximum absolute atomic E-state index is 12.6. The number of amides is 3. The average Bonchev–Trinajstić information content (AvgIpc) is 2.66. The van der Waals surface area contributed by atoms with Crippen molar-refractivity contribution in [3.8, 4) is 0 Å². The predicted octanol–water partition coefficient (Wildman–Crippen LogP) is 3.53. The molecule has 0 radical (unpaired) electrons. The van der Waals surface area contributed by atoms with Crippen LogP contribution in [0, 0.1) is 5.92 Å². The molecule has 28 heavy (non-hydrogen) atoms. The zero-order chi connectivity index (χ0) is 20.5. The van der Waals surface area contributed by atoms with Gasteiger partial charge < -0.3 is 20.7 Å². The number of carbonyl (C=O) groups excluding carboxylic acids is 3. The number of ether oxygens (including phenoxy) is 1. The Morgan fingerprint density at radius 1 is 0.893 bits per heavy atom. The van der Waals surface area contributed by atoms with Gasteiger partial charge in [0, 0.05) is 18.3 Å². The van der Waals surface area contributed by atoms with E-state index in [1.54, 1.807) is 24.3 Å². The molecule has 1 atom stereocenters. The van der Waals surface area contributed by atoms with E-state index in [0.717, 1.165) is 5.56 Å². The van der Waals surface area contributed by atoms with Crippen LogP contribution in [0.25, 0.3) is 0 Å². The molecule has 0 fully saturated rings. The van der Waals surface area contributed by atoms with Crippen LogP contribution in [0.3, 0.4) is 0 Å². The Hall–Kier alpha value is -3.35. The summed E-state index contributed by atoms with van der Waals surface area (Å²) < 4.78 is 5.19. The fourth-order valence-corrected chi connectivity index (χ4v) is 2.49. The van der Waals surface area contributed by atoms with Gasteiger partial charge in [0.2, 0.25) is 11.8 Å². The van der Waals surface area contributed by atoms with Crippen molar-refractivity contribution < 1.29 is 19.1 Å². The average molecular weight is 383 g/mol. The highest BCUT2D eigenvalue weighted by Crippen LogP contribution is 2.15. The SMILES string of the molecule is CC(=O)Nc1ccc(NC(=O)C(NC(=O)OCc2ccccc2)C(C)C)cc1. The van der Waals surface area contributed by atoms with Gasteiger partial charge in [-0.1, -0.05) is 44.2 Å². The van der Waals surface area contributed by atoms with Crippen molar-refractivity contribution >= 4 is 29.3 Å². The van der Waals surface area contributed by atoms with Crippen LogP contribution in [0.1, 0.15) is 26.3 Å². The first kappa shape index (κ1) is 21.0. The van der Waals surface area contributed by atoms with Gasteiger partial charge in [-0.2, -0.15) is 0 Å². The van der Waals surface area contributed by atoms with Gasteiger partial charge in [0.1, 0.15) is 12.6 Å². The summed E-state index contributed by atoms with van der Waals surface area (Å²) in [6, 6.07) is 15.3. The lowest BCUT2D eigenvalue weighted by atomic mass is 10.0. The largest absolute Gasteiger partial charge is 0.445 e. The van der Waals surface area contributed by atoms with Gasteiger partial charge in [-0.3, -0.25) is 9.59 Å². The summed E-state index contributed by atoms with van der Waals surface area (Å²) in [7, 11) is 0. The van der Waals surface area contributed by atoms with Crippen molar-refractivity contribution in [1.82, 2.24) is 5.32 Å². The zero-order valence-electron chi connectivity index (χ0n) is 16.2. The second kappa shape index (κ2) is 10.1. The minimum atomic E-state index is -0.752. The van der Waals surface area contributed by atoms with E-state index in [0.29, 0.717) is 11.4 Å². The second-order valence-corrected chi connectivity index (χ2v) is 6.68. The molecule has 0 aromatic heterocycles. The molecule has 0 saturated heterocycles. The zero-order valence-corrected chi connectivity index (χ0v) is 16.2. The molecule has 7 heteroatoms. The number of anilines is 2. The summed E-state index contributed by atoms with van der Waals surface area (Å²) in [4.78, 5) is 35.7. The van der Waals surface area contributed by atoms with Crippen molar-refractivity contribution in [2.45, 2.75) is 33.4 Å². The topological polar surface area (TPSA) is 96.5 Å². The molecule has 3 amide bonds. The van der Waals surface area contributed by atoms with Crippen LogP contribution in [0.4, 0.5) is 16.2 Å². The van der Waals surface area contributed by atoms with Crippen LogP contribution in [0.15, 0.2) is 54.6 Å². The molecule has 0 saturated carbocycles. The molecule has 0 aliphatic heterocycles. The Labute approximate surface area is 164 Å². The van der Waals surface area contributed by atoms with Gasteiger partial charge in [0.15, 0.2) is 0 Å². The summed E-state index contributed by atoms with van der Waals surface area (Å²) in [5.74, 6) is -0.656. The Morgan fingerprint density at radius 3 is 2.00 bits per heavy atom. The van der Waals surface area contributed by atoms with Crippen molar-refractivity contribution in [3.05, 3.63) is 60.2 Å². The van der Waals surface area contributed by atoms with Crippen LogP contribution in [-0.2, 0) is 20.9 Å². The maximum atomic E-state index is 12.6. The Bertz CT molecular complexity index is 804. The van der Waals surface area contributed by atoms with E-state index in [-0.39, 0.29) is 24.3 Å². The highest BCUT2D eigenvalue weighted by atomic mass is 16.5. The van der Waals surface area contributed by atoms with Gasteiger partial charge in [-0.05, 0) is 35.7 Å². The normalized spacial score (nSPS) is 11.4. The van der Waals surface area contributed by atoms with E-state index in [4.69, 9.17) is 4.74 Å². The van der Waals surface area contributed by atoms with Gasteiger partial charge in [0.25, 0.3) is 0 Å². The lowest BCUT2D eigenvalue weighted by molar-refractivity contribution is -0.119. The molecule has 0 bridgehead atoms. The number of benzene rings is 2. The van der Waals surface area contributed by atoms with Crippen molar-refractivity contribution in [1.29, 1.82) is 0 Å². The Kier molecular flexibility index (Phi) is 7.56. The van der Waals surface area contributed by atoms with E-state index >= 15 is 0 Å². The molecule has 1 unspecified atom stereocenters. The predicted molar refractivity (Wildman–Crippen MR) is 108 cm³/mol. The summed E-state index contributed by atoms with van der Waals surface area (Å²) in [6.45, 7) is 5.22. The Balaban J connectivity index is 1.91. The van der Waals surface area contributed by atoms with Gasteiger partial charge in [-0.15, -0.1) is 0 Å². The first-order valence-corrected chi connectivity index (χ1v) is 9.01.